The zero-order chi connectivity index (χ0) is 10.7. The molecule has 1 saturated heterocycles. The van der Waals surface area contributed by atoms with Gasteiger partial charge >= 0.3 is 0 Å². The maximum atomic E-state index is 5.76. The fourth-order valence-corrected chi connectivity index (χ4v) is 3.22. The van der Waals surface area contributed by atoms with Gasteiger partial charge in [-0.1, -0.05) is 20.3 Å². The van der Waals surface area contributed by atoms with Crippen molar-refractivity contribution in [3.05, 3.63) is 21.9 Å². The predicted octanol–water partition coefficient (Wildman–Crippen LogP) is 3.31. The van der Waals surface area contributed by atoms with Gasteiger partial charge in [0, 0.05) is 11.3 Å². The first-order chi connectivity index (χ1) is 7.30. The van der Waals surface area contributed by atoms with Gasteiger partial charge in [0.2, 0.25) is 5.79 Å². The van der Waals surface area contributed by atoms with Crippen LogP contribution in [0.3, 0.4) is 0 Å². The Hall–Kier alpha value is -0.380. The van der Waals surface area contributed by atoms with Crippen LogP contribution in [0.2, 0.25) is 0 Å². The summed E-state index contributed by atoms with van der Waals surface area (Å²) in [5.74, 6) is -0.434. The Balaban J connectivity index is 2.19. The molecule has 0 spiro atoms. The highest BCUT2D eigenvalue weighted by atomic mass is 32.1. The van der Waals surface area contributed by atoms with Crippen LogP contribution in [0.15, 0.2) is 12.1 Å². The van der Waals surface area contributed by atoms with Gasteiger partial charge in [0.15, 0.2) is 0 Å². The van der Waals surface area contributed by atoms with Gasteiger partial charge in [-0.3, -0.25) is 0 Å². The second-order valence-corrected chi connectivity index (χ2v) is 4.99. The first-order valence-corrected chi connectivity index (χ1v) is 6.49. The van der Waals surface area contributed by atoms with E-state index in [9.17, 15) is 0 Å². The smallest absolute Gasteiger partial charge is 0.204 e. The molecule has 0 aliphatic carbocycles. The number of hydrogen-bond donors (Lipinski definition) is 0. The van der Waals surface area contributed by atoms with Crippen LogP contribution in [-0.4, -0.2) is 13.2 Å². The fraction of sp³-hybridized carbons (Fsp3) is 0.667. The molecular weight excluding hydrogens is 208 g/mol. The first-order valence-electron chi connectivity index (χ1n) is 5.68. The normalized spacial score (nSPS) is 19.6. The van der Waals surface area contributed by atoms with Crippen molar-refractivity contribution >= 4 is 11.3 Å². The summed E-state index contributed by atoms with van der Waals surface area (Å²) < 4.78 is 11.5. The van der Waals surface area contributed by atoms with Crippen LogP contribution in [0.1, 0.15) is 36.4 Å². The van der Waals surface area contributed by atoms with Gasteiger partial charge in [0.25, 0.3) is 0 Å². The van der Waals surface area contributed by atoms with Crippen LogP contribution in [0.5, 0.6) is 0 Å². The van der Waals surface area contributed by atoms with Crippen LogP contribution in [-0.2, 0) is 21.7 Å². The Morgan fingerprint density at radius 2 is 2.00 bits per heavy atom. The summed E-state index contributed by atoms with van der Waals surface area (Å²) in [7, 11) is 0. The van der Waals surface area contributed by atoms with Gasteiger partial charge in [0.05, 0.1) is 18.1 Å². The minimum Gasteiger partial charge on any atom is -0.343 e. The highest BCUT2D eigenvalue weighted by molar-refractivity contribution is 7.12. The van der Waals surface area contributed by atoms with Crippen LogP contribution in [0, 0.1) is 0 Å². The molecule has 1 aromatic rings. The summed E-state index contributed by atoms with van der Waals surface area (Å²) in [6.07, 6.45) is 3.24. The second kappa shape index (κ2) is 4.64. The van der Waals surface area contributed by atoms with Gasteiger partial charge < -0.3 is 9.47 Å². The van der Waals surface area contributed by atoms with Gasteiger partial charge in [-0.2, -0.15) is 0 Å². The summed E-state index contributed by atoms with van der Waals surface area (Å²) in [4.78, 5) is 2.66. The minimum atomic E-state index is -0.434. The van der Waals surface area contributed by atoms with E-state index in [0.717, 1.165) is 26.1 Å². The molecule has 1 aliphatic heterocycles. The monoisotopic (exact) mass is 226 g/mol. The number of ether oxygens (including phenoxy) is 2. The Bertz CT molecular complexity index is 313. The molecule has 0 atom stereocenters. The van der Waals surface area contributed by atoms with E-state index in [2.05, 4.69) is 26.0 Å². The molecule has 0 N–H and O–H groups in total. The van der Waals surface area contributed by atoms with Crippen LogP contribution >= 0.6 is 11.3 Å². The summed E-state index contributed by atoms with van der Waals surface area (Å²) >= 11 is 1.83. The van der Waals surface area contributed by atoms with E-state index < -0.39 is 5.79 Å². The molecule has 0 amide bonds. The zero-order valence-corrected chi connectivity index (χ0v) is 10.2. The van der Waals surface area contributed by atoms with Gasteiger partial charge in [-0.05, 0) is 18.6 Å². The molecule has 1 aromatic heterocycles. The third-order valence-electron chi connectivity index (χ3n) is 2.75. The molecule has 84 valence electrons. The Kier molecular flexibility index (Phi) is 3.44. The molecule has 0 saturated carbocycles. The van der Waals surface area contributed by atoms with Crippen LogP contribution in [0.25, 0.3) is 0 Å². The van der Waals surface area contributed by atoms with Crippen molar-refractivity contribution in [2.24, 2.45) is 0 Å². The van der Waals surface area contributed by atoms with Crippen molar-refractivity contribution in [1.29, 1.82) is 0 Å². The van der Waals surface area contributed by atoms with Crippen molar-refractivity contribution in [1.82, 2.24) is 0 Å². The van der Waals surface area contributed by atoms with Crippen molar-refractivity contribution in [3.8, 4) is 0 Å². The minimum absolute atomic E-state index is 0.434. The first kappa shape index (κ1) is 11.1. The van der Waals surface area contributed by atoms with E-state index in [-0.39, 0.29) is 0 Å². The quantitative estimate of drug-likeness (QED) is 0.784. The van der Waals surface area contributed by atoms with Crippen molar-refractivity contribution in [3.63, 3.8) is 0 Å². The standard InChI is InChI=1S/C12H18O2S/c1-3-5-10-6-7-11(15-10)12(4-2)13-8-9-14-12/h6-7H,3-5,8-9H2,1-2H3. The van der Waals surface area contributed by atoms with E-state index in [1.54, 1.807) is 0 Å². The summed E-state index contributed by atoms with van der Waals surface area (Å²) in [6.45, 7) is 5.76. The van der Waals surface area contributed by atoms with Crippen molar-refractivity contribution < 1.29 is 9.47 Å². The topological polar surface area (TPSA) is 18.5 Å². The van der Waals surface area contributed by atoms with Crippen molar-refractivity contribution in [2.45, 2.75) is 38.9 Å². The summed E-state index contributed by atoms with van der Waals surface area (Å²) in [5, 5.41) is 0. The average Bonchev–Trinajstić information content (AvgIpc) is 2.86. The molecule has 2 heterocycles. The molecule has 0 radical (unpaired) electrons. The highest BCUT2D eigenvalue weighted by Gasteiger charge is 2.37. The second-order valence-electron chi connectivity index (χ2n) is 3.82. The van der Waals surface area contributed by atoms with Crippen molar-refractivity contribution in [2.75, 3.05) is 13.2 Å². The van der Waals surface area contributed by atoms with E-state index in [1.165, 1.54) is 16.2 Å². The molecule has 15 heavy (non-hydrogen) atoms. The Morgan fingerprint density at radius 3 is 2.60 bits per heavy atom. The number of rotatable bonds is 4. The fourth-order valence-electron chi connectivity index (χ4n) is 1.94. The number of hydrogen-bond acceptors (Lipinski definition) is 3. The molecule has 0 unspecified atom stereocenters. The maximum Gasteiger partial charge on any atom is 0.204 e. The van der Waals surface area contributed by atoms with E-state index in [0.29, 0.717) is 0 Å². The SMILES string of the molecule is CCCc1ccc(C2(CC)OCCO2)s1. The Morgan fingerprint density at radius 1 is 1.27 bits per heavy atom. The van der Waals surface area contributed by atoms with Gasteiger partial charge in [0.1, 0.15) is 0 Å². The predicted molar refractivity (Wildman–Crippen MR) is 62.2 cm³/mol. The van der Waals surface area contributed by atoms with Gasteiger partial charge in [-0.25, -0.2) is 0 Å². The van der Waals surface area contributed by atoms with E-state index >= 15 is 0 Å². The van der Waals surface area contributed by atoms with Crippen LogP contribution < -0.4 is 0 Å². The number of thiophene rings is 1. The number of aryl methyl sites for hydroxylation is 1. The van der Waals surface area contributed by atoms with Crippen LogP contribution in [0.4, 0.5) is 0 Å². The highest BCUT2D eigenvalue weighted by Crippen LogP contribution is 2.38. The molecule has 0 aromatic carbocycles. The molecule has 1 fully saturated rings. The lowest BCUT2D eigenvalue weighted by Gasteiger charge is -2.24. The molecular formula is C12H18O2S. The molecule has 2 rings (SSSR count). The largest absolute Gasteiger partial charge is 0.343 e. The molecule has 3 heteroatoms. The Labute approximate surface area is 95.2 Å². The molecule has 1 aliphatic rings. The lowest BCUT2D eigenvalue weighted by molar-refractivity contribution is -0.164. The van der Waals surface area contributed by atoms with E-state index in [4.69, 9.17) is 9.47 Å². The summed E-state index contributed by atoms with van der Waals surface area (Å²) in [6, 6.07) is 4.36. The lowest BCUT2D eigenvalue weighted by Crippen LogP contribution is -2.24. The van der Waals surface area contributed by atoms with E-state index in [1.807, 2.05) is 11.3 Å². The third-order valence-corrected chi connectivity index (χ3v) is 4.02. The summed E-state index contributed by atoms with van der Waals surface area (Å²) in [5.41, 5.74) is 0. The zero-order valence-electron chi connectivity index (χ0n) is 9.41. The maximum absolute atomic E-state index is 5.76. The molecule has 0 bridgehead atoms. The van der Waals surface area contributed by atoms with Gasteiger partial charge in [-0.15, -0.1) is 11.3 Å². The average molecular weight is 226 g/mol. The lowest BCUT2D eigenvalue weighted by atomic mass is 10.1. The third kappa shape index (κ3) is 2.10. The molecule has 2 nitrogen and oxygen atoms in total.